The van der Waals surface area contributed by atoms with Crippen LogP contribution in [0.15, 0.2) is 43.0 Å². The van der Waals surface area contributed by atoms with E-state index in [0.717, 1.165) is 30.7 Å². The molecule has 1 unspecified atom stereocenters. The standard InChI is InChI=1S/C16H21N3O/c1-3-19-16(14-10-17-12-18-11-14)9-6-13-4-7-15(20-2)8-5-13/h4-5,7-8,10-12,16,19H,3,6,9H2,1-2H3. The first-order chi connectivity index (χ1) is 9.83. The summed E-state index contributed by atoms with van der Waals surface area (Å²) in [6, 6.07) is 8.53. The number of methoxy groups -OCH3 is 1. The third-order valence-electron chi connectivity index (χ3n) is 3.31. The molecule has 0 aliphatic carbocycles. The van der Waals surface area contributed by atoms with Gasteiger partial charge in [-0.1, -0.05) is 19.1 Å². The highest BCUT2D eigenvalue weighted by Gasteiger charge is 2.10. The number of nitrogens with one attached hydrogen (secondary N) is 1. The van der Waals surface area contributed by atoms with E-state index in [-0.39, 0.29) is 0 Å². The van der Waals surface area contributed by atoms with E-state index >= 15 is 0 Å². The third-order valence-corrected chi connectivity index (χ3v) is 3.31. The summed E-state index contributed by atoms with van der Waals surface area (Å²) in [5, 5.41) is 3.49. The number of benzene rings is 1. The number of ether oxygens (including phenoxy) is 1. The summed E-state index contributed by atoms with van der Waals surface area (Å²) in [4.78, 5) is 8.20. The Morgan fingerprint density at radius 1 is 1.15 bits per heavy atom. The zero-order valence-electron chi connectivity index (χ0n) is 12.0. The molecule has 0 radical (unpaired) electrons. The lowest BCUT2D eigenvalue weighted by atomic mass is 10.0. The average molecular weight is 271 g/mol. The third kappa shape index (κ3) is 4.03. The van der Waals surface area contributed by atoms with Crippen LogP contribution in [0.5, 0.6) is 5.75 Å². The molecule has 0 aliphatic rings. The molecular weight excluding hydrogens is 250 g/mol. The van der Waals surface area contributed by atoms with Crippen LogP contribution in [0.3, 0.4) is 0 Å². The monoisotopic (exact) mass is 271 g/mol. The lowest BCUT2D eigenvalue weighted by Gasteiger charge is -2.17. The first kappa shape index (κ1) is 14.5. The number of nitrogens with zero attached hydrogens (tertiary/aromatic N) is 2. The van der Waals surface area contributed by atoms with Crippen molar-refractivity contribution in [1.29, 1.82) is 0 Å². The maximum absolute atomic E-state index is 5.17. The second kappa shape index (κ2) is 7.60. The van der Waals surface area contributed by atoms with Gasteiger partial charge >= 0.3 is 0 Å². The molecule has 0 fully saturated rings. The molecule has 0 spiro atoms. The van der Waals surface area contributed by atoms with Crippen LogP contribution in [-0.4, -0.2) is 23.6 Å². The molecule has 1 N–H and O–H groups in total. The minimum atomic E-state index is 0.295. The Hall–Kier alpha value is -1.94. The second-order valence-corrected chi connectivity index (χ2v) is 4.67. The number of rotatable bonds is 7. The van der Waals surface area contributed by atoms with Gasteiger partial charge in [0.2, 0.25) is 0 Å². The molecule has 0 bridgehead atoms. The number of hydrogen-bond donors (Lipinski definition) is 1. The van der Waals surface area contributed by atoms with Crippen molar-refractivity contribution < 1.29 is 4.74 Å². The van der Waals surface area contributed by atoms with Gasteiger partial charge in [0.1, 0.15) is 12.1 Å². The Balaban J connectivity index is 1.98. The van der Waals surface area contributed by atoms with Crippen molar-refractivity contribution in [3.8, 4) is 5.75 Å². The minimum Gasteiger partial charge on any atom is -0.497 e. The van der Waals surface area contributed by atoms with Crippen molar-refractivity contribution >= 4 is 0 Å². The molecule has 4 heteroatoms. The average Bonchev–Trinajstić information content (AvgIpc) is 2.53. The topological polar surface area (TPSA) is 47.0 Å². The Morgan fingerprint density at radius 3 is 2.45 bits per heavy atom. The van der Waals surface area contributed by atoms with Crippen molar-refractivity contribution in [3.05, 3.63) is 54.1 Å². The van der Waals surface area contributed by atoms with Crippen LogP contribution < -0.4 is 10.1 Å². The molecule has 106 valence electrons. The molecule has 0 amide bonds. The fraction of sp³-hybridized carbons (Fsp3) is 0.375. The molecule has 2 aromatic rings. The van der Waals surface area contributed by atoms with E-state index in [1.54, 1.807) is 13.4 Å². The van der Waals surface area contributed by atoms with Crippen molar-refractivity contribution in [1.82, 2.24) is 15.3 Å². The van der Waals surface area contributed by atoms with E-state index in [9.17, 15) is 0 Å². The molecule has 0 aliphatic heterocycles. The summed E-state index contributed by atoms with van der Waals surface area (Å²) in [6.45, 7) is 3.05. The van der Waals surface area contributed by atoms with Gasteiger partial charge < -0.3 is 10.1 Å². The quantitative estimate of drug-likeness (QED) is 0.841. The molecule has 0 saturated carbocycles. The van der Waals surface area contributed by atoms with Gasteiger partial charge in [-0.05, 0) is 37.1 Å². The van der Waals surface area contributed by atoms with Crippen LogP contribution in [0.2, 0.25) is 0 Å². The summed E-state index contributed by atoms with van der Waals surface area (Å²) in [7, 11) is 1.69. The summed E-state index contributed by atoms with van der Waals surface area (Å²) < 4.78 is 5.17. The molecule has 2 rings (SSSR count). The fourth-order valence-corrected chi connectivity index (χ4v) is 2.23. The predicted molar refractivity (Wildman–Crippen MR) is 79.8 cm³/mol. The predicted octanol–water partition coefficient (Wildman–Crippen LogP) is 2.77. The Bertz CT molecular complexity index is 499. The van der Waals surface area contributed by atoms with Gasteiger partial charge in [0.15, 0.2) is 0 Å². The van der Waals surface area contributed by atoms with Crippen LogP contribution in [0.25, 0.3) is 0 Å². The van der Waals surface area contributed by atoms with Crippen LogP contribution in [0.4, 0.5) is 0 Å². The number of aromatic nitrogens is 2. The maximum Gasteiger partial charge on any atom is 0.118 e. The van der Waals surface area contributed by atoms with Crippen molar-refractivity contribution in [3.63, 3.8) is 0 Å². The lowest BCUT2D eigenvalue weighted by molar-refractivity contribution is 0.414. The van der Waals surface area contributed by atoms with Gasteiger partial charge in [-0.2, -0.15) is 0 Å². The molecule has 20 heavy (non-hydrogen) atoms. The SMILES string of the molecule is CCNC(CCc1ccc(OC)cc1)c1cncnc1. The molecule has 1 aromatic heterocycles. The maximum atomic E-state index is 5.17. The highest BCUT2D eigenvalue weighted by Crippen LogP contribution is 2.19. The van der Waals surface area contributed by atoms with Gasteiger partial charge in [-0.15, -0.1) is 0 Å². The van der Waals surface area contributed by atoms with Crippen LogP contribution in [-0.2, 0) is 6.42 Å². The highest BCUT2D eigenvalue weighted by atomic mass is 16.5. The van der Waals surface area contributed by atoms with Crippen molar-refractivity contribution in [2.45, 2.75) is 25.8 Å². The zero-order chi connectivity index (χ0) is 14.2. The highest BCUT2D eigenvalue weighted by molar-refractivity contribution is 5.27. The molecule has 1 atom stereocenters. The summed E-state index contributed by atoms with van der Waals surface area (Å²) in [5.41, 5.74) is 2.45. The Labute approximate surface area is 120 Å². The molecule has 1 aromatic carbocycles. The molecule has 1 heterocycles. The molecular formula is C16H21N3O. The van der Waals surface area contributed by atoms with E-state index in [1.807, 2.05) is 24.5 Å². The Morgan fingerprint density at radius 2 is 1.85 bits per heavy atom. The van der Waals surface area contributed by atoms with Crippen LogP contribution in [0.1, 0.15) is 30.5 Å². The second-order valence-electron chi connectivity index (χ2n) is 4.67. The first-order valence-corrected chi connectivity index (χ1v) is 6.94. The fourth-order valence-electron chi connectivity index (χ4n) is 2.23. The Kier molecular flexibility index (Phi) is 5.50. The first-order valence-electron chi connectivity index (χ1n) is 6.94. The van der Waals surface area contributed by atoms with Crippen LogP contribution in [0, 0.1) is 0 Å². The largest absolute Gasteiger partial charge is 0.497 e. The van der Waals surface area contributed by atoms with Gasteiger partial charge in [-0.25, -0.2) is 9.97 Å². The number of aryl methyl sites for hydroxylation is 1. The summed E-state index contributed by atoms with van der Waals surface area (Å²) in [5.74, 6) is 0.897. The van der Waals surface area contributed by atoms with Crippen molar-refractivity contribution in [2.24, 2.45) is 0 Å². The van der Waals surface area contributed by atoms with Crippen molar-refractivity contribution in [2.75, 3.05) is 13.7 Å². The van der Waals surface area contributed by atoms with E-state index in [2.05, 4.69) is 34.3 Å². The van der Waals surface area contributed by atoms with E-state index in [0.29, 0.717) is 6.04 Å². The van der Waals surface area contributed by atoms with Gasteiger partial charge in [0.05, 0.1) is 7.11 Å². The normalized spacial score (nSPS) is 12.1. The molecule has 4 nitrogen and oxygen atoms in total. The van der Waals surface area contributed by atoms with Gasteiger partial charge in [-0.3, -0.25) is 0 Å². The molecule has 0 saturated heterocycles. The lowest BCUT2D eigenvalue weighted by Crippen LogP contribution is -2.21. The van der Waals surface area contributed by atoms with E-state index < -0.39 is 0 Å². The van der Waals surface area contributed by atoms with E-state index in [1.165, 1.54) is 5.56 Å². The zero-order valence-corrected chi connectivity index (χ0v) is 12.0. The smallest absolute Gasteiger partial charge is 0.118 e. The number of hydrogen-bond acceptors (Lipinski definition) is 4. The summed E-state index contributed by atoms with van der Waals surface area (Å²) >= 11 is 0. The van der Waals surface area contributed by atoms with E-state index in [4.69, 9.17) is 4.74 Å². The van der Waals surface area contributed by atoms with Gasteiger partial charge in [0, 0.05) is 24.0 Å². The summed E-state index contributed by atoms with van der Waals surface area (Å²) in [6.07, 6.45) is 7.36. The van der Waals surface area contributed by atoms with Gasteiger partial charge in [0.25, 0.3) is 0 Å². The van der Waals surface area contributed by atoms with Crippen LogP contribution >= 0.6 is 0 Å². The minimum absolute atomic E-state index is 0.295.